The number of anilines is 6. The average molecular weight is 935 g/mol. The number of hydrogen-bond donors (Lipinski definition) is 0. The Labute approximate surface area is 429 Å². The van der Waals surface area contributed by atoms with Gasteiger partial charge >= 0.3 is 0 Å². The smallest absolute Gasteiger partial charge is 0.252 e. The van der Waals surface area contributed by atoms with Crippen LogP contribution in [0.1, 0.15) is 22.3 Å². The SMILES string of the molecule is c1ccc(N2c3cc4ccc5ccccc5c4cc3B3c4cc5c(ccc6ccccc65)cc4N(c4ccccc4)c4cc(-c5ccc6c(c5)C5(c7ccccc7-c7ccccc75)c5ccccc5-6)cc2c43)cc1. The normalized spacial score (nSPS) is 14.0. The quantitative estimate of drug-likeness (QED) is 0.129. The van der Waals surface area contributed by atoms with Gasteiger partial charge in [0, 0.05) is 34.1 Å². The van der Waals surface area contributed by atoms with Crippen LogP contribution in [0.5, 0.6) is 0 Å². The molecule has 340 valence electrons. The fourth-order valence-electron chi connectivity index (χ4n) is 14.1. The van der Waals surface area contributed by atoms with Crippen LogP contribution in [0.25, 0.3) is 76.5 Å². The van der Waals surface area contributed by atoms with E-state index in [4.69, 9.17) is 0 Å². The monoisotopic (exact) mass is 934 g/mol. The van der Waals surface area contributed by atoms with Gasteiger partial charge < -0.3 is 9.80 Å². The van der Waals surface area contributed by atoms with Gasteiger partial charge in [-0.3, -0.25) is 0 Å². The Morgan fingerprint density at radius 2 is 0.689 bits per heavy atom. The molecule has 0 atom stereocenters. The summed E-state index contributed by atoms with van der Waals surface area (Å²) in [6.07, 6.45) is 0. The predicted molar refractivity (Wildman–Crippen MR) is 312 cm³/mol. The molecule has 74 heavy (non-hydrogen) atoms. The highest BCUT2D eigenvalue weighted by atomic mass is 15.2. The third-order valence-electron chi connectivity index (χ3n) is 17.2. The predicted octanol–water partition coefficient (Wildman–Crippen LogP) is 16.4. The highest BCUT2D eigenvalue weighted by molar-refractivity contribution is 7.00. The van der Waals surface area contributed by atoms with Crippen LogP contribution in [0, 0.1) is 0 Å². The molecule has 1 spiro atoms. The Bertz CT molecular complexity index is 4320. The summed E-state index contributed by atoms with van der Waals surface area (Å²) >= 11 is 0. The van der Waals surface area contributed by atoms with Crippen molar-refractivity contribution in [1.29, 1.82) is 0 Å². The van der Waals surface area contributed by atoms with Gasteiger partial charge in [0.25, 0.3) is 6.71 Å². The van der Waals surface area contributed by atoms with E-state index in [1.54, 1.807) is 0 Å². The van der Waals surface area contributed by atoms with Crippen LogP contribution in [0.3, 0.4) is 0 Å². The molecule has 17 rings (SSSR count). The van der Waals surface area contributed by atoms with Crippen molar-refractivity contribution in [2.75, 3.05) is 9.80 Å². The molecule has 2 aliphatic carbocycles. The molecule has 0 aromatic heterocycles. The molecule has 0 radical (unpaired) electrons. The van der Waals surface area contributed by atoms with Gasteiger partial charge in [-0.1, -0.05) is 206 Å². The summed E-state index contributed by atoms with van der Waals surface area (Å²) < 4.78 is 0. The molecule has 13 aromatic rings. The first-order valence-corrected chi connectivity index (χ1v) is 25.9. The minimum absolute atomic E-state index is 0.0741. The van der Waals surface area contributed by atoms with E-state index < -0.39 is 5.41 Å². The van der Waals surface area contributed by atoms with E-state index in [1.165, 1.54) is 138 Å². The average Bonchev–Trinajstić information content (AvgIpc) is 4.08. The zero-order valence-electron chi connectivity index (χ0n) is 40.3. The van der Waals surface area contributed by atoms with Crippen LogP contribution in [0.15, 0.2) is 261 Å². The molecule has 0 unspecified atom stereocenters. The summed E-state index contributed by atoms with van der Waals surface area (Å²) in [4.78, 5) is 5.14. The first-order valence-electron chi connectivity index (χ1n) is 25.9. The lowest BCUT2D eigenvalue weighted by molar-refractivity contribution is 0.794. The van der Waals surface area contributed by atoms with Crippen LogP contribution in [-0.2, 0) is 5.41 Å². The molecule has 0 amide bonds. The van der Waals surface area contributed by atoms with Crippen LogP contribution < -0.4 is 26.2 Å². The summed E-state index contributed by atoms with van der Waals surface area (Å²) in [6.45, 7) is -0.0741. The summed E-state index contributed by atoms with van der Waals surface area (Å²) in [5.41, 5.74) is 23.6. The number of benzene rings is 13. The van der Waals surface area contributed by atoms with Crippen LogP contribution >= 0.6 is 0 Å². The van der Waals surface area contributed by atoms with Crippen molar-refractivity contribution in [3.8, 4) is 33.4 Å². The van der Waals surface area contributed by atoms with Gasteiger partial charge in [-0.25, -0.2) is 0 Å². The topological polar surface area (TPSA) is 6.48 Å². The van der Waals surface area contributed by atoms with Crippen LogP contribution in [0.2, 0.25) is 0 Å². The van der Waals surface area contributed by atoms with Gasteiger partial charge in [0.2, 0.25) is 0 Å². The molecule has 0 saturated heterocycles. The first-order chi connectivity index (χ1) is 36.7. The molecule has 0 bridgehead atoms. The second-order valence-electron chi connectivity index (χ2n) is 20.7. The van der Waals surface area contributed by atoms with Crippen molar-refractivity contribution in [1.82, 2.24) is 0 Å². The Kier molecular flexibility index (Phi) is 8.05. The molecule has 0 saturated carbocycles. The Balaban J connectivity index is 0.998. The number of para-hydroxylation sites is 2. The van der Waals surface area contributed by atoms with Gasteiger partial charge in [0.15, 0.2) is 0 Å². The van der Waals surface area contributed by atoms with Crippen molar-refractivity contribution in [2.24, 2.45) is 0 Å². The number of rotatable bonds is 3. The number of nitrogens with zero attached hydrogens (tertiary/aromatic N) is 2. The lowest BCUT2D eigenvalue weighted by atomic mass is 9.33. The standard InChI is InChI=1S/C71H43BN2/c1-3-19-50(20-4-1)73-66-38-47-33-31-44-17-7-9-23-52(44)58(47)42-64(66)72-65-43-59-48(34-32-45-18-8-10-24-53(45)59)39-67(65)74(51-21-5-2-6-22-51)69-41-49(40-68(73)70(69)72)46-35-36-57-56-27-13-16-30-62(56)71(63(57)37-46)60-28-14-11-25-54(60)55-26-12-15-29-61(55)71/h1-43H. The third-order valence-corrected chi connectivity index (χ3v) is 17.2. The minimum Gasteiger partial charge on any atom is -0.311 e. The third kappa shape index (κ3) is 5.25. The van der Waals surface area contributed by atoms with E-state index in [1.807, 2.05) is 0 Å². The Morgan fingerprint density at radius 1 is 0.270 bits per heavy atom. The summed E-state index contributed by atoms with van der Waals surface area (Å²) in [5.74, 6) is 0. The van der Waals surface area contributed by atoms with E-state index in [2.05, 4.69) is 271 Å². The van der Waals surface area contributed by atoms with E-state index in [9.17, 15) is 0 Å². The summed E-state index contributed by atoms with van der Waals surface area (Å²) in [6, 6.07) is 98.9. The fourth-order valence-corrected chi connectivity index (χ4v) is 14.1. The highest BCUT2D eigenvalue weighted by Gasteiger charge is 2.52. The fraction of sp³-hybridized carbons (Fsp3) is 0.0141. The molecule has 13 aromatic carbocycles. The van der Waals surface area contributed by atoms with Crippen molar-refractivity contribution in [3.63, 3.8) is 0 Å². The van der Waals surface area contributed by atoms with Crippen LogP contribution in [0.4, 0.5) is 34.1 Å². The molecule has 4 aliphatic rings. The molecule has 3 heteroatoms. The second kappa shape index (κ2) is 14.8. The molecule has 2 heterocycles. The minimum atomic E-state index is -0.455. The summed E-state index contributed by atoms with van der Waals surface area (Å²) in [5, 5.41) is 10.1. The molecule has 2 nitrogen and oxygen atoms in total. The van der Waals surface area contributed by atoms with E-state index in [0.717, 1.165) is 11.4 Å². The van der Waals surface area contributed by atoms with Gasteiger partial charge in [-0.2, -0.15) is 0 Å². The van der Waals surface area contributed by atoms with E-state index in [-0.39, 0.29) is 6.71 Å². The highest BCUT2D eigenvalue weighted by Crippen LogP contribution is 2.63. The van der Waals surface area contributed by atoms with Gasteiger partial charge in [0.05, 0.1) is 5.41 Å². The molecule has 0 N–H and O–H groups in total. The zero-order valence-corrected chi connectivity index (χ0v) is 40.3. The Morgan fingerprint density at radius 3 is 1.19 bits per heavy atom. The second-order valence-corrected chi connectivity index (χ2v) is 20.7. The largest absolute Gasteiger partial charge is 0.311 e. The molecular weight excluding hydrogens is 892 g/mol. The van der Waals surface area contributed by atoms with Crippen molar-refractivity contribution < 1.29 is 0 Å². The number of fused-ring (bicyclic) bond motifs is 20. The lowest BCUT2D eigenvalue weighted by Crippen LogP contribution is -2.61. The Hall–Kier alpha value is -9.44. The molecule has 2 aliphatic heterocycles. The van der Waals surface area contributed by atoms with Crippen LogP contribution in [-0.4, -0.2) is 6.71 Å². The lowest BCUT2D eigenvalue weighted by Gasteiger charge is -2.44. The maximum Gasteiger partial charge on any atom is 0.252 e. The van der Waals surface area contributed by atoms with Gasteiger partial charge in [-0.15, -0.1) is 0 Å². The summed E-state index contributed by atoms with van der Waals surface area (Å²) in [7, 11) is 0. The molecular formula is C71H43BN2. The molecule has 0 fully saturated rings. The van der Waals surface area contributed by atoms with Crippen molar-refractivity contribution in [3.05, 3.63) is 283 Å². The van der Waals surface area contributed by atoms with E-state index >= 15 is 0 Å². The van der Waals surface area contributed by atoms with Crippen molar-refractivity contribution >= 4 is 100 Å². The van der Waals surface area contributed by atoms with Gasteiger partial charge in [-0.05, 0) is 170 Å². The van der Waals surface area contributed by atoms with E-state index in [0.29, 0.717) is 0 Å². The maximum atomic E-state index is 2.57. The first kappa shape index (κ1) is 40.2. The maximum absolute atomic E-state index is 2.57. The van der Waals surface area contributed by atoms with Crippen molar-refractivity contribution in [2.45, 2.75) is 5.41 Å². The zero-order chi connectivity index (χ0) is 48.2. The number of hydrogen-bond acceptors (Lipinski definition) is 2. The van der Waals surface area contributed by atoms with Gasteiger partial charge in [0.1, 0.15) is 0 Å².